The Bertz CT molecular complexity index is 268. The van der Waals surface area contributed by atoms with Crippen LogP contribution in [0.4, 0.5) is 0 Å². The van der Waals surface area contributed by atoms with E-state index in [-0.39, 0.29) is 11.3 Å². The summed E-state index contributed by atoms with van der Waals surface area (Å²) in [4.78, 5) is 12.3. The molecule has 2 N–H and O–H groups in total. The number of hydrogen-bond acceptors (Lipinski definition) is 2. The normalized spacial score (nSPS) is 24.2. The van der Waals surface area contributed by atoms with E-state index in [1.54, 1.807) is 0 Å². The van der Waals surface area contributed by atoms with Crippen LogP contribution in [0, 0.1) is 11.3 Å². The number of carbonyl (C=O) groups excluding carboxylic acids is 1. The summed E-state index contributed by atoms with van der Waals surface area (Å²) in [5.41, 5.74) is -0.247. The molecule has 0 aromatic carbocycles. The zero-order valence-corrected chi connectivity index (χ0v) is 12.9. The molecule has 112 valence electrons. The highest BCUT2D eigenvalue weighted by molar-refractivity contribution is 5.82. The Balaban J connectivity index is 2.33. The number of carbonyl (C=O) groups is 1. The molecule has 0 aromatic rings. The molecule has 1 rings (SSSR count). The van der Waals surface area contributed by atoms with Crippen molar-refractivity contribution in [2.24, 2.45) is 11.3 Å². The van der Waals surface area contributed by atoms with Crippen molar-refractivity contribution in [2.45, 2.75) is 78.2 Å². The summed E-state index contributed by atoms with van der Waals surface area (Å²) in [6.45, 7) is 6.59. The fourth-order valence-electron chi connectivity index (χ4n) is 2.80. The van der Waals surface area contributed by atoms with E-state index < -0.39 is 0 Å². The first-order valence-corrected chi connectivity index (χ1v) is 7.91. The first-order valence-electron chi connectivity index (χ1n) is 7.91. The Hall–Kier alpha value is -0.570. The lowest BCUT2D eigenvalue weighted by Crippen LogP contribution is -2.44. The summed E-state index contributed by atoms with van der Waals surface area (Å²) in [6.07, 6.45) is 8.62. The molecule has 1 amide bonds. The SMILES string of the molecule is CCCCCC(C)(C)C(=O)NC1CCC(CO)CC1. The van der Waals surface area contributed by atoms with Crippen molar-refractivity contribution in [1.82, 2.24) is 5.32 Å². The van der Waals surface area contributed by atoms with Gasteiger partial charge < -0.3 is 10.4 Å². The van der Waals surface area contributed by atoms with Crippen molar-refractivity contribution in [2.75, 3.05) is 6.61 Å². The van der Waals surface area contributed by atoms with Crippen LogP contribution in [0.25, 0.3) is 0 Å². The molecule has 1 fully saturated rings. The summed E-state index contributed by atoms with van der Waals surface area (Å²) < 4.78 is 0. The van der Waals surface area contributed by atoms with Gasteiger partial charge in [0.2, 0.25) is 5.91 Å². The van der Waals surface area contributed by atoms with Gasteiger partial charge >= 0.3 is 0 Å². The van der Waals surface area contributed by atoms with E-state index in [9.17, 15) is 4.79 Å². The number of hydrogen-bond donors (Lipinski definition) is 2. The van der Waals surface area contributed by atoms with Crippen molar-refractivity contribution in [3.05, 3.63) is 0 Å². The number of amides is 1. The Morgan fingerprint density at radius 2 is 1.84 bits per heavy atom. The van der Waals surface area contributed by atoms with Crippen molar-refractivity contribution in [1.29, 1.82) is 0 Å². The summed E-state index contributed by atoms with van der Waals surface area (Å²) in [7, 11) is 0. The van der Waals surface area contributed by atoms with Gasteiger partial charge in [-0.05, 0) is 38.0 Å². The molecule has 0 aromatic heterocycles. The average molecular weight is 269 g/mol. The molecule has 0 unspecified atom stereocenters. The highest BCUT2D eigenvalue weighted by Crippen LogP contribution is 2.27. The summed E-state index contributed by atoms with van der Waals surface area (Å²) in [5, 5.41) is 12.3. The van der Waals surface area contributed by atoms with Crippen LogP contribution in [0.3, 0.4) is 0 Å². The lowest BCUT2D eigenvalue weighted by Gasteiger charge is -2.31. The van der Waals surface area contributed by atoms with E-state index in [0.29, 0.717) is 18.6 Å². The molecule has 3 heteroatoms. The molecule has 3 nitrogen and oxygen atoms in total. The lowest BCUT2D eigenvalue weighted by molar-refractivity contribution is -0.130. The lowest BCUT2D eigenvalue weighted by atomic mass is 9.83. The van der Waals surface area contributed by atoms with Crippen LogP contribution in [-0.2, 0) is 4.79 Å². The van der Waals surface area contributed by atoms with Crippen molar-refractivity contribution in [3.8, 4) is 0 Å². The van der Waals surface area contributed by atoms with Crippen molar-refractivity contribution in [3.63, 3.8) is 0 Å². The molecule has 0 aliphatic heterocycles. The third-order valence-electron chi connectivity index (χ3n) is 4.46. The predicted molar refractivity (Wildman–Crippen MR) is 78.9 cm³/mol. The van der Waals surface area contributed by atoms with E-state index in [2.05, 4.69) is 26.1 Å². The van der Waals surface area contributed by atoms with Gasteiger partial charge in [-0.1, -0.05) is 40.0 Å². The first-order chi connectivity index (χ1) is 8.99. The molecule has 1 aliphatic rings. The highest BCUT2D eigenvalue weighted by Gasteiger charge is 2.30. The number of rotatable bonds is 7. The second-order valence-electron chi connectivity index (χ2n) is 6.71. The van der Waals surface area contributed by atoms with Gasteiger partial charge in [-0.25, -0.2) is 0 Å². The van der Waals surface area contributed by atoms with Crippen molar-refractivity contribution < 1.29 is 9.90 Å². The number of unbranched alkanes of at least 4 members (excludes halogenated alkanes) is 2. The van der Waals surface area contributed by atoms with E-state index in [1.165, 1.54) is 12.8 Å². The maximum atomic E-state index is 12.3. The van der Waals surface area contributed by atoms with E-state index in [0.717, 1.165) is 38.5 Å². The molecule has 19 heavy (non-hydrogen) atoms. The topological polar surface area (TPSA) is 49.3 Å². The third-order valence-corrected chi connectivity index (χ3v) is 4.46. The summed E-state index contributed by atoms with van der Waals surface area (Å²) in [5.74, 6) is 0.654. The highest BCUT2D eigenvalue weighted by atomic mass is 16.3. The number of aliphatic hydroxyl groups is 1. The number of nitrogens with one attached hydrogen (secondary N) is 1. The largest absolute Gasteiger partial charge is 0.396 e. The fraction of sp³-hybridized carbons (Fsp3) is 0.938. The second kappa shape index (κ2) is 7.88. The smallest absolute Gasteiger partial charge is 0.225 e. The first kappa shape index (κ1) is 16.5. The molecule has 0 spiro atoms. The molecule has 0 heterocycles. The molecular formula is C16H31NO2. The fourth-order valence-corrected chi connectivity index (χ4v) is 2.80. The standard InChI is InChI=1S/C16H31NO2/c1-4-5-6-11-16(2,3)15(19)17-14-9-7-13(12-18)8-10-14/h13-14,18H,4-12H2,1-3H3,(H,17,19). The molecule has 0 radical (unpaired) electrons. The van der Waals surface area contributed by atoms with Crippen LogP contribution in [0.2, 0.25) is 0 Å². The minimum Gasteiger partial charge on any atom is -0.396 e. The van der Waals surface area contributed by atoms with Crippen LogP contribution in [0.15, 0.2) is 0 Å². The van der Waals surface area contributed by atoms with Crippen molar-refractivity contribution >= 4 is 5.91 Å². The van der Waals surface area contributed by atoms with E-state index in [4.69, 9.17) is 5.11 Å². The van der Waals surface area contributed by atoms with Gasteiger partial charge in [0.25, 0.3) is 0 Å². The zero-order chi connectivity index (χ0) is 14.3. The minimum atomic E-state index is -0.247. The third kappa shape index (κ3) is 5.52. The van der Waals surface area contributed by atoms with E-state index >= 15 is 0 Å². The maximum absolute atomic E-state index is 12.3. The van der Waals surface area contributed by atoms with Crippen LogP contribution in [0.5, 0.6) is 0 Å². The monoisotopic (exact) mass is 269 g/mol. The molecule has 0 atom stereocenters. The summed E-state index contributed by atoms with van der Waals surface area (Å²) >= 11 is 0. The van der Waals surface area contributed by atoms with Gasteiger partial charge in [0, 0.05) is 18.1 Å². The van der Waals surface area contributed by atoms with Gasteiger partial charge in [-0.3, -0.25) is 4.79 Å². The molecule has 0 saturated heterocycles. The van der Waals surface area contributed by atoms with Crippen LogP contribution >= 0.6 is 0 Å². The molecule has 0 bridgehead atoms. The van der Waals surface area contributed by atoms with Gasteiger partial charge in [0.1, 0.15) is 0 Å². The van der Waals surface area contributed by atoms with Gasteiger partial charge in [-0.15, -0.1) is 0 Å². The molecule has 1 aliphatic carbocycles. The summed E-state index contributed by atoms with van der Waals surface area (Å²) in [6, 6.07) is 0.320. The second-order valence-corrected chi connectivity index (χ2v) is 6.71. The Morgan fingerprint density at radius 1 is 1.21 bits per heavy atom. The van der Waals surface area contributed by atoms with Gasteiger partial charge in [0.05, 0.1) is 0 Å². The molecular weight excluding hydrogens is 238 g/mol. The molecule has 1 saturated carbocycles. The minimum absolute atomic E-state index is 0.205. The van der Waals surface area contributed by atoms with Gasteiger partial charge in [0.15, 0.2) is 0 Å². The van der Waals surface area contributed by atoms with Gasteiger partial charge in [-0.2, -0.15) is 0 Å². The average Bonchev–Trinajstić information content (AvgIpc) is 2.39. The Morgan fingerprint density at radius 3 is 2.37 bits per heavy atom. The van der Waals surface area contributed by atoms with Crippen LogP contribution < -0.4 is 5.32 Å². The number of aliphatic hydroxyl groups excluding tert-OH is 1. The predicted octanol–water partition coefficient (Wildman–Crippen LogP) is 3.26. The Labute approximate surface area is 118 Å². The van der Waals surface area contributed by atoms with Crippen LogP contribution in [0.1, 0.15) is 72.1 Å². The van der Waals surface area contributed by atoms with E-state index in [1.807, 2.05) is 0 Å². The van der Waals surface area contributed by atoms with Crippen LogP contribution in [-0.4, -0.2) is 23.7 Å². The quantitative estimate of drug-likeness (QED) is 0.697. The maximum Gasteiger partial charge on any atom is 0.225 e. The Kier molecular flexibility index (Phi) is 6.84. The zero-order valence-electron chi connectivity index (χ0n) is 12.9.